The molecule has 106 valence electrons. The van der Waals surface area contributed by atoms with Crippen LogP contribution in [0.2, 0.25) is 10.0 Å². The highest BCUT2D eigenvalue weighted by molar-refractivity contribution is 6.42. The van der Waals surface area contributed by atoms with Crippen LogP contribution >= 0.6 is 23.2 Å². The number of aromatic hydroxyl groups is 1. The van der Waals surface area contributed by atoms with Crippen LogP contribution in [-0.2, 0) is 6.54 Å². The molecular weight excluding hydrogens is 295 g/mol. The molecule has 1 atom stereocenters. The SMILES string of the molecule is Cc1ccc(O)c(CNC(C)c2ccc(Cl)c(Cl)c2)n1. The maximum absolute atomic E-state index is 9.76. The van der Waals surface area contributed by atoms with Gasteiger partial charge in [-0.05, 0) is 43.7 Å². The molecule has 0 radical (unpaired) electrons. The van der Waals surface area contributed by atoms with Gasteiger partial charge in [0, 0.05) is 18.3 Å². The first-order valence-electron chi connectivity index (χ1n) is 6.31. The fraction of sp³-hybridized carbons (Fsp3) is 0.267. The molecule has 2 N–H and O–H groups in total. The summed E-state index contributed by atoms with van der Waals surface area (Å²) in [7, 11) is 0. The smallest absolute Gasteiger partial charge is 0.138 e. The molecule has 1 heterocycles. The van der Waals surface area contributed by atoms with Gasteiger partial charge in [-0.3, -0.25) is 4.98 Å². The fourth-order valence-corrected chi connectivity index (χ4v) is 2.19. The van der Waals surface area contributed by atoms with E-state index < -0.39 is 0 Å². The molecule has 1 unspecified atom stereocenters. The zero-order chi connectivity index (χ0) is 14.7. The third-order valence-corrected chi connectivity index (χ3v) is 3.85. The van der Waals surface area contributed by atoms with Crippen molar-refractivity contribution in [3.63, 3.8) is 0 Å². The summed E-state index contributed by atoms with van der Waals surface area (Å²) in [5.74, 6) is 0.199. The van der Waals surface area contributed by atoms with Crippen LogP contribution in [0.1, 0.15) is 29.9 Å². The molecule has 0 aliphatic carbocycles. The van der Waals surface area contributed by atoms with E-state index in [0.717, 1.165) is 11.3 Å². The average Bonchev–Trinajstić information content (AvgIpc) is 2.42. The minimum Gasteiger partial charge on any atom is -0.506 e. The molecule has 0 spiro atoms. The lowest BCUT2D eigenvalue weighted by Crippen LogP contribution is -2.19. The molecule has 0 bridgehead atoms. The molecule has 0 fully saturated rings. The lowest BCUT2D eigenvalue weighted by Gasteiger charge is -2.15. The summed E-state index contributed by atoms with van der Waals surface area (Å²) in [6.45, 7) is 4.40. The third-order valence-electron chi connectivity index (χ3n) is 3.11. The van der Waals surface area contributed by atoms with E-state index in [9.17, 15) is 5.11 Å². The van der Waals surface area contributed by atoms with Gasteiger partial charge in [-0.2, -0.15) is 0 Å². The number of pyridine rings is 1. The summed E-state index contributed by atoms with van der Waals surface area (Å²) in [6.07, 6.45) is 0. The normalized spacial score (nSPS) is 12.4. The van der Waals surface area contributed by atoms with Crippen molar-refractivity contribution in [2.45, 2.75) is 26.4 Å². The van der Waals surface area contributed by atoms with Gasteiger partial charge in [-0.15, -0.1) is 0 Å². The Labute approximate surface area is 128 Å². The molecule has 20 heavy (non-hydrogen) atoms. The first kappa shape index (κ1) is 15.1. The topological polar surface area (TPSA) is 45.1 Å². The molecule has 5 heteroatoms. The van der Waals surface area contributed by atoms with Crippen LogP contribution in [0.5, 0.6) is 5.75 Å². The summed E-state index contributed by atoms with van der Waals surface area (Å²) in [5.41, 5.74) is 2.55. The van der Waals surface area contributed by atoms with Crippen molar-refractivity contribution in [3.05, 3.63) is 57.3 Å². The number of aryl methyl sites for hydroxylation is 1. The Hall–Kier alpha value is -1.29. The minimum atomic E-state index is 0.0754. The van der Waals surface area contributed by atoms with Crippen LogP contribution in [0.25, 0.3) is 0 Å². The Morgan fingerprint density at radius 2 is 1.95 bits per heavy atom. The Morgan fingerprint density at radius 1 is 1.20 bits per heavy atom. The summed E-state index contributed by atoms with van der Waals surface area (Å²) < 4.78 is 0. The van der Waals surface area contributed by atoms with Crippen molar-refractivity contribution >= 4 is 23.2 Å². The zero-order valence-electron chi connectivity index (χ0n) is 11.3. The number of aromatic nitrogens is 1. The number of nitrogens with one attached hydrogen (secondary N) is 1. The van der Waals surface area contributed by atoms with Crippen LogP contribution in [0.15, 0.2) is 30.3 Å². The quantitative estimate of drug-likeness (QED) is 0.887. The largest absolute Gasteiger partial charge is 0.506 e. The lowest BCUT2D eigenvalue weighted by molar-refractivity contribution is 0.454. The second-order valence-electron chi connectivity index (χ2n) is 4.69. The van der Waals surface area contributed by atoms with Gasteiger partial charge in [0.25, 0.3) is 0 Å². The number of hydrogen-bond donors (Lipinski definition) is 2. The van der Waals surface area contributed by atoms with Crippen LogP contribution in [0.4, 0.5) is 0 Å². The average molecular weight is 311 g/mol. The standard InChI is InChI=1S/C15H16Cl2N2O/c1-9-3-6-15(20)14(19-9)8-18-10(2)11-4-5-12(16)13(17)7-11/h3-7,10,18,20H,8H2,1-2H3. The summed E-state index contributed by atoms with van der Waals surface area (Å²) in [5, 5.41) is 14.1. The highest BCUT2D eigenvalue weighted by Gasteiger charge is 2.09. The third kappa shape index (κ3) is 3.63. The second-order valence-corrected chi connectivity index (χ2v) is 5.51. The van der Waals surface area contributed by atoms with E-state index in [1.807, 2.05) is 26.0 Å². The van der Waals surface area contributed by atoms with Crippen molar-refractivity contribution in [2.75, 3.05) is 0 Å². The molecule has 0 amide bonds. The van der Waals surface area contributed by atoms with Crippen molar-refractivity contribution in [2.24, 2.45) is 0 Å². The molecule has 2 aromatic rings. The van der Waals surface area contributed by atoms with Gasteiger partial charge in [0.05, 0.1) is 15.7 Å². The Balaban J connectivity index is 2.06. The first-order valence-corrected chi connectivity index (χ1v) is 7.07. The Morgan fingerprint density at radius 3 is 2.65 bits per heavy atom. The number of hydrogen-bond acceptors (Lipinski definition) is 3. The Bertz CT molecular complexity index is 617. The number of rotatable bonds is 4. The molecular formula is C15H16Cl2N2O. The van der Waals surface area contributed by atoms with Crippen LogP contribution < -0.4 is 5.32 Å². The minimum absolute atomic E-state index is 0.0754. The highest BCUT2D eigenvalue weighted by Crippen LogP contribution is 2.26. The van der Waals surface area contributed by atoms with Gasteiger partial charge in [0.2, 0.25) is 0 Å². The van der Waals surface area contributed by atoms with Crippen LogP contribution in [0.3, 0.4) is 0 Å². The van der Waals surface area contributed by atoms with E-state index in [0.29, 0.717) is 22.3 Å². The van der Waals surface area contributed by atoms with Crippen LogP contribution in [-0.4, -0.2) is 10.1 Å². The van der Waals surface area contributed by atoms with Gasteiger partial charge in [-0.25, -0.2) is 0 Å². The van der Waals surface area contributed by atoms with E-state index in [1.165, 1.54) is 0 Å². The fourth-order valence-electron chi connectivity index (χ4n) is 1.88. The number of halogens is 2. The predicted octanol–water partition coefficient (Wildman–Crippen LogP) is 4.25. The van der Waals surface area contributed by atoms with Gasteiger partial charge < -0.3 is 10.4 Å². The van der Waals surface area contributed by atoms with Crippen molar-refractivity contribution < 1.29 is 5.11 Å². The number of nitrogens with zero attached hydrogens (tertiary/aromatic N) is 1. The van der Waals surface area contributed by atoms with Crippen LogP contribution in [0, 0.1) is 6.92 Å². The van der Waals surface area contributed by atoms with E-state index in [2.05, 4.69) is 10.3 Å². The Kier molecular flexibility index (Phi) is 4.86. The van der Waals surface area contributed by atoms with Gasteiger partial charge in [0.1, 0.15) is 5.75 Å². The van der Waals surface area contributed by atoms with Gasteiger partial charge in [0.15, 0.2) is 0 Å². The first-order chi connectivity index (χ1) is 9.47. The molecule has 0 aliphatic rings. The second kappa shape index (κ2) is 6.44. The lowest BCUT2D eigenvalue weighted by atomic mass is 10.1. The van der Waals surface area contributed by atoms with E-state index in [-0.39, 0.29) is 11.8 Å². The highest BCUT2D eigenvalue weighted by atomic mass is 35.5. The van der Waals surface area contributed by atoms with E-state index in [4.69, 9.17) is 23.2 Å². The van der Waals surface area contributed by atoms with Gasteiger partial charge in [-0.1, -0.05) is 29.3 Å². The maximum atomic E-state index is 9.76. The zero-order valence-corrected chi connectivity index (χ0v) is 12.8. The maximum Gasteiger partial charge on any atom is 0.138 e. The monoisotopic (exact) mass is 310 g/mol. The molecule has 0 aliphatic heterocycles. The van der Waals surface area contributed by atoms with Crippen molar-refractivity contribution in [1.82, 2.24) is 10.3 Å². The molecule has 0 saturated carbocycles. The van der Waals surface area contributed by atoms with Crippen molar-refractivity contribution in [1.29, 1.82) is 0 Å². The molecule has 1 aromatic carbocycles. The number of benzene rings is 1. The van der Waals surface area contributed by atoms with E-state index in [1.54, 1.807) is 18.2 Å². The van der Waals surface area contributed by atoms with Gasteiger partial charge >= 0.3 is 0 Å². The molecule has 1 aromatic heterocycles. The summed E-state index contributed by atoms with van der Waals surface area (Å²) in [6, 6.07) is 9.05. The van der Waals surface area contributed by atoms with E-state index >= 15 is 0 Å². The molecule has 0 saturated heterocycles. The summed E-state index contributed by atoms with van der Waals surface area (Å²) in [4.78, 5) is 4.31. The summed E-state index contributed by atoms with van der Waals surface area (Å²) >= 11 is 11.9. The predicted molar refractivity (Wildman–Crippen MR) is 82.4 cm³/mol. The molecule has 2 rings (SSSR count). The molecule has 3 nitrogen and oxygen atoms in total. The van der Waals surface area contributed by atoms with Crippen molar-refractivity contribution in [3.8, 4) is 5.75 Å².